The molecule has 0 N–H and O–H groups in total. The molecule has 1 aromatic rings. The second-order valence-electron chi connectivity index (χ2n) is 4.76. The van der Waals surface area contributed by atoms with Gasteiger partial charge >= 0.3 is 6.09 Å². The number of amides is 1. The molecular formula is C10H17BrN4O2. The van der Waals surface area contributed by atoms with Crippen molar-refractivity contribution in [2.45, 2.75) is 32.9 Å². The van der Waals surface area contributed by atoms with Gasteiger partial charge in [-0.05, 0) is 36.7 Å². The molecule has 7 heteroatoms. The van der Waals surface area contributed by atoms with E-state index in [1.807, 2.05) is 20.8 Å². The van der Waals surface area contributed by atoms with Gasteiger partial charge in [-0.2, -0.15) is 9.90 Å². The number of halogens is 1. The highest BCUT2D eigenvalue weighted by molar-refractivity contribution is 9.10. The highest BCUT2D eigenvalue weighted by Gasteiger charge is 2.21. The zero-order valence-electron chi connectivity index (χ0n) is 10.7. The summed E-state index contributed by atoms with van der Waals surface area (Å²) in [5.74, 6) is 0. The van der Waals surface area contributed by atoms with Gasteiger partial charge in [-0.15, -0.1) is 5.10 Å². The van der Waals surface area contributed by atoms with Crippen LogP contribution in [0.4, 0.5) is 4.79 Å². The Labute approximate surface area is 109 Å². The third-order valence-corrected chi connectivity index (χ3v) is 2.44. The minimum atomic E-state index is -0.495. The van der Waals surface area contributed by atoms with Crippen LogP contribution in [0.15, 0.2) is 4.60 Å². The SMILES string of the molecule is CN(Cc1nn(C)nc1Br)C(=O)OC(C)(C)C. The Morgan fingerprint density at radius 2 is 2.06 bits per heavy atom. The molecule has 0 spiro atoms. The van der Waals surface area contributed by atoms with E-state index in [9.17, 15) is 4.79 Å². The first-order valence-electron chi connectivity index (χ1n) is 5.19. The van der Waals surface area contributed by atoms with Crippen molar-refractivity contribution in [2.24, 2.45) is 7.05 Å². The Kier molecular flexibility index (Phi) is 4.13. The minimum absolute atomic E-state index is 0.351. The van der Waals surface area contributed by atoms with E-state index in [1.54, 1.807) is 14.1 Å². The minimum Gasteiger partial charge on any atom is -0.444 e. The molecule has 0 aliphatic rings. The number of rotatable bonds is 2. The average Bonchev–Trinajstić information content (AvgIpc) is 2.42. The van der Waals surface area contributed by atoms with E-state index >= 15 is 0 Å². The smallest absolute Gasteiger partial charge is 0.410 e. The number of carbonyl (C=O) groups excluding carboxylic acids is 1. The molecule has 6 nitrogen and oxygen atoms in total. The van der Waals surface area contributed by atoms with Crippen molar-refractivity contribution >= 4 is 22.0 Å². The van der Waals surface area contributed by atoms with E-state index in [2.05, 4.69) is 26.1 Å². The molecule has 1 aromatic heterocycles. The molecule has 1 amide bonds. The van der Waals surface area contributed by atoms with Crippen molar-refractivity contribution in [1.29, 1.82) is 0 Å². The molecule has 0 aliphatic heterocycles. The molecule has 0 saturated carbocycles. The van der Waals surface area contributed by atoms with Crippen molar-refractivity contribution in [3.05, 3.63) is 10.3 Å². The van der Waals surface area contributed by atoms with E-state index in [-0.39, 0.29) is 6.09 Å². The highest BCUT2D eigenvalue weighted by Crippen LogP contribution is 2.14. The molecule has 0 aliphatic carbocycles. The van der Waals surface area contributed by atoms with E-state index < -0.39 is 5.60 Å². The quantitative estimate of drug-likeness (QED) is 0.838. The van der Waals surface area contributed by atoms with Crippen LogP contribution < -0.4 is 0 Å². The average molecular weight is 305 g/mol. The second-order valence-corrected chi connectivity index (χ2v) is 5.51. The Bertz CT molecular complexity index is 411. The van der Waals surface area contributed by atoms with E-state index in [0.29, 0.717) is 16.8 Å². The maximum absolute atomic E-state index is 11.7. The lowest BCUT2D eigenvalue weighted by Gasteiger charge is -2.24. The fourth-order valence-electron chi connectivity index (χ4n) is 1.15. The van der Waals surface area contributed by atoms with Crippen LogP contribution in [0.1, 0.15) is 26.5 Å². The van der Waals surface area contributed by atoms with Gasteiger partial charge in [-0.25, -0.2) is 4.79 Å². The molecule has 96 valence electrons. The monoisotopic (exact) mass is 304 g/mol. The molecule has 1 rings (SSSR count). The molecule has 0 radical (unpaired) electrons. The van der Waals surface area contributed by atoms with Crippen LogP contribution in [-0.2, 0) is 18.3 Å². The first kappa shape index (κ1) is 14.0. The lowest BCUT2D eigenvalue weighted by atomic mass is 10.2. The summed E-state index contributed by atoms with van der Waals surface area (Å²) in [6, 6.07) is 0. The maximum Gasteiger partial charge on any atom is 0.410 e. The van der Waals surface area contributed by atoms with E-state index in [0.717, 1.165) is 0 Å². The summed E-state index contributed by atoms with van der Waals surface area (Å²) in [5, 5.41) is 8.18. The predicted molar refractivity (Wildman–Crippen MR) is 66.4 cm³/mol. The number of ether oxygens (including phenoxy) is 1. The summed E-state index contributed by atoms with van der Waals surface area (Å²) < 4.78 is 5.87. The summed E-state index contributed by atoms with van der Waals surface area (Å²) in [4.78, 5) is 14.6. The van der Waals surface area contributed by atoms with Gasteiger partial charge in [-0.3, -0.25) is 0 Å². The largest absolute Gasteiger partial charge is 0.444 e. The van der Waals surface area contributed by atoms with Crippen LogP contribution in [0, 0.1) is 0 Å². The second kappa shape index (κ2) is 5.03. The molecule has 0 unspecified atom stereocenters. The predicted octanol–water partition coefficient (Wildman–Crippen LogP) is 1.94. The molecule has 17 heavy (non-hydrogen) atoms. The normalized spacial score (nSPS) is 11.4. The third kappa shape index (κ3) is 4.33. The van der Waals surface area contributed by atoms with Crippen LogP contribution in [0.3, 0.4) is 0 Å². The summed E-state index contributed by atoms with van der Waals surface area (Å²) in [7, 11) is 3.39. The topological polar surface area (TPSA) is 60.2 Å². The first-order chi connectivity index (χ1) is 7.69. The van der Waals surface area contributed by atoms with Crippen molar-refractivity contribution in [3.63, 3.8) is 0 Å². The molecule has 0 aromatic carbocycles. The highest BCUT2D eigenvalue weighted by atomic mass is 79.9. The van der Waals surface area contributed by atoms with E-state index in [4.69, 9.17) is 4.74 Å². The Balaban J connectivity index is 2.63. The van der Waals surface area contributed by atoms with Crippen molar-refractivity contribution in [3.8, 4) is 0 Å². The van der Waals surface area contributed by atoms with E-state index in [1.165, 1.54) is 9.70 Å². The van der Waals surface area contributed by atoms with Crippen LogP contribution in [0.2, 0.25) is 0 Å². The first-order valence-corrected chi connectivity index (χ1v) is 5.98. The summed E-state index contributed by atoms with van der Waals surface area (Å²) in [6.07, 6.45) is -0.380. The van der Waals surface area contributed by atoms with Gasteiger partial charge in [0.15, 0.2) is 4.60 Å². The van der Waals surface area contributed by atoms with Gasteiger partial charge in [0.05, 0.1) is 6.54 Å². The Morgan fingerprint density at radius 1 is 1.47 bits per heavy atom. The van der Waals surface area contributed by atoms with Crippen LogP contribution in [0.5, 0.6) is 0 Å². The fourth-order valence-corrected chi connectivity index (χ4v) is 1.58. The number of hydrogen-bond acceptors (Lipinski definition) is 4. The number of carbonyl (C=O) groups is 1. The molecule has 0 atom stereocenters. The number of nitrogens with zero attached hydrogens (tertiary/aromatic N) is 4. The third-order valence-electron chi connectivity index (χ3n) is 1.83. The number of aryl methyl sites for hydroxylation is 1. The number of aromatic nitrogens is 3. The molecule has 1 heterocycles. The summed E-state index contributed by atoms with van der Waals surface area (Å²) >= 11 is 3.28. The molecule has 0 fully saturated rings. The van der Waals surface area contributed by atoms with Gasteiger partial charge in [0.2, 0.25) is 0 Å². The Hall–Kier alpha value is -1.11. The molecule has 0 bridgehead atoms. The maximum atomic E-state index is 11.7. The van der Waals surface area contributed by atoms with Gasteiger partial charge in [-0.1, -0.05) is 0 Å². The van der Waals surface area contributed by atoms with Gasteiger partial charge in [0.1, 0.15) is 11.3 Å². The van der Waals surface area contributed by atoms with Crippen molar-refractivity contribution in [2.75, 3.05) is 7.05 Å². The van der Waals surface area contributed by atoms with Gasteiger partial charge < -0.3 is 9.64 Å². The van der Waals surface area contributed by atoms with Gasteiger partial charge in [0, 0.05) is 14.1 Å². The van der Waals surface area contributed by atoms with Crippen molar-refractivity contribution < 1.29 is 9.53 Å². The lowest BCUT2D eigenvalue weighted by Crippen LogP contribution is -2.34. The lowest BCUT2D eigenvalue weighted by molar-refractivity contribution is 0.0282. The molecule has 0 saturated heterocycles. The van der Waals surface area contributed by atoms with Crippen LogP contribution in [-0.4, -0.2) is 38.6 Å². The van der Waals surface area contributed by atoms with Crippen LogP contribution in [0.25, 0.3) is 0 Å². The Morgan fingerprint density at radius 3 is 2.47 bits per heavy atom. The summed E-state index contributed by atoms with van der Waals surface area (Å²) in [6.45, 7) is 5.84. The number of hydrogen-bond donors (Lipinski definition) is 0. The summed E-state index contributed by atoms with van der Waals surface area (Å²) in [5.41, 5.74) is 0.200. The fraction of sp³-hybridized carbons (Fsp3) is 0.700. The zero-order chi connectivity index (χ0) is 13.2. The standard InChI is InChI=1S/C10H17BrN4O2/c1-10(2,3)17-9(16)14(4)6-7-8(11)13-15(5)12-7/h6H2,1-5H3. The van der Waals surface area contributed by atoms with Crippen LogP contribution >= 0.6 is 15.9 Å². The molecular weight excluding hydrogens is 288 g/mol. The van der Waals surface area contributed by atoms with Gasteiger partial charge in [0.25, 0.3) is 0 Å². The zero-order valence-corrected chi connectivity index (χ0v) is 12.3. The van der Waals surface area contributed by atoms with Crippen molar-refractivity contribution in [1.82, 2.24) is 19.9 Å².